The lowest BCUT2D eigenvalue weighted by molar-refractivity contribution is -0.0963. The molecule has 0 aromatic rings. The molecule has 2 nitrogen and oxygen atoms in total. The van der Waals surface area contributed by atoms with Gasteiger partial charge in [0.1, 0.15) is 0 Å². The number of rotatable bonds is 5. The van der Waals surface area contributed by atoms with Crippen LogP contribution in [0.4, 0.5) is 0 Å². The van der Waals surface area contributed by atoms with Gasteiger partial charge in [-0.05, 0) is 123 Å². The van der Waals surface area contributed by atoms with Gasteiger partial charge in [-0.2, -0.15) is 0 Å². The lowest BCUT2D eigenvalue weighted by atomic mass is 9.43. The number of aliphatic hydroxyl groups excluding tert-OH is 1. The fraction of sp³-hybridized carbons (Fsp3) is 0.871. The second-order valence-corrected chi connectivity index (χ2v) is 14.3. The normalized spacial score (nSPS) is 45.0. The average Bonchev–Trinajstić information content (AvgIpc) is 3.01. The smallest absolute Gasteiger partial charge is 0.0823 e. The summed E-state index contributed by atoms with van der Waals surface area (Å²) in [5, 5.41) is 21.6. The van der Waals surface area contributed by atoms with Crippen molar-refractivity contribution >= 4 is 0 Å². The van der Waals surface area contributed by atoms with Gasteiger partial charge in [0, 0.05) is 0 Å². The van der Waals surface area contributed by atoms with Crippen molar-refractivity contribution in [1.29, 1.82) is 0 Å². The summed E-state index contributed by atoms with van der Waals surface area (Å²) in [6.07, 6.45) is 11.5. The molecule has 0 aromatic heterocycles. The third-order valence-corrected chi connectivity index (χ3v) is 12.5. The summed E-state index contributed by atoms with van der Waals surface area (Å²) in [7, 11) is 0. The second kappa shape index (κ2) is 7.95. The molecule has 0 saturated heterocycles. The third-order valence-electron chi connectivity index (χ3n) is 12.5. The van der Waals surface area contributed by atoms with E-state index < -0.39 is 5.60 Å². The van der Waals surface area contributed by atoms with Crippen molar-refractivity contribution in [2.24, 2.45) is 39.4 Å². The summed E-state index contributed by atoms with van der Waals surface area (Å²) in [5.74, 6) is 1.95. The molecule has 2 saturated carbocycles. The van der Waals surface area contributed by atoms with Crippen LogP contribution in [0.25, 0.3) is 0 Å². The molecule has 2 heteroatoms. The number of aliphatic hydroxyl groups is 2. The van der Waals surface area contributed by atoms with Crippen LogP contribution in [-0.4, -0.2) is 21.9 Å². The van der Waals surface area contributed by atoms with Crippen LogP contribution in [0.15, 0.2) is 23.3 Å². The van der Waals surface area contributed by atoms with E-state index in [1.807, 2.05) is 19.4 Å². The van der Waals surface area contributed by atoms with Gasteiger partial charge in [-0.3, -0.25) is 0 Å². The molecule has 0 aliphatic heterocycles. The number of hydrogen-bond acceptors (Lipinski definition) is 2. The van der Waals surface area contributed by atoms with Gasteiger partial charge >= 0.3 is 0 Å². The molecule has 0 unspecified atom stereocenters. The van der Waals surface area contributed by atoms with Gasteiger partial charge in [0.05, 0.1) is 11.7 Å². The molecule has 188 valence electrons. The summed E-state index contributed by atoms with van der Waals surface area (Å²) in [6.45, 7) is 22.8. The highest BCUT2D eigenvalue weighted by Crippen LogP contribution is 2.72. The highest BCUT2D eigenvalue weighted by molar-refractivity contribution is 5.38. The molecule has 0 spiro atoms. The minimum absolute atomic E-state index is 0.0140. The molecule has 0 bridgehead atoms. The Morgan fingerprint density at radius 3 is 2.33 bits per heavy atom. The van der Waals surface area contributed by atoms with Crippen molar-refractivity contribution in [1.82, 2.24) is 0 Å². The molecule has 4 aliphatic rings. The Morgan fingerprint density at radius 1 is 1.03 bits per heavy atom. The van der Waals surface area contributed by atoms with Crippen molar-refractivity contribution in [3.8, 4) is 0 Å². The predicted molar refractivity (Wildman–Crippen MR) is 139 cm³/mol. The first-order valence-corrected chi connectivity index (χ1v) is 13.9. The molecule has 0 radical (unpaired) electrons. The molecular formula is C31H52O2. The maximum absolute atomic E-state index is 10.8. The van der Waals surface area contributed by atoms with E-state index in [1.54, 1.807) is 5.57 Å². The first kappa shape index (κ1) is 25.5. The van der Waals surface area contributed by atoms with Crippen molar-refractivity contribution in [2.45, 2.75) is 131 Å². The van der Waals surface area contributed by atoms with E-state index >= 15 is 0 Å². The Hall–Kier alpha value is -0.600. The maximum Gasteiger partial charge on any atom is 0.0823 e. The highest BCUT2D eigenvalue weighted by Gasteiger charge is 2.63. The van der Waals surface area contributed by atoms with Crippen molar-refractivity contribution in [3.05, 3.63) is 23.3 Å². The fourth-order valence-corrected chi connectivity index (χ4v) is 9.55. The van der Waals surface area contributed by atoms with Crippen LogP contribution >= 0.6 is 0 Å². The molecule has 0 amide bonds. The van der Waals surface area contributed by atoms with Crippen LogP contribution in [0, 0.1) is 39.4 Å². The van der Waals surface area contributed by atoms with E-state index in [0.29, 0.717) is 22.7 Å². The summed E-state index contributed by atoms with van der Waals surface area (Å²) >= 11 is 0. The number of fused-ring (bicyclic) bond motifs is 4. The zero-order valence-corrected chi connectivity index (χ0v) is 23.0. The Bertz CT molecular complexity index is 834. The van der Waals surface area contributed by atoms with E-state index in [4.69, 9.17) is 0 Å². The van der Waals surface area contributed by atoms with E-state index in [1.165, 1.54) is 38.5 Å². The lowest BCUT2D eigenvalue weighted by Crippen LogP contribution is -2.55. The molecule has 2 N–H and O–H groups in total. The van der Waals surface area contributed by atoms with Crippen LogP contribution in [-0.2, 0) is 0 Å². The zero-order chi connectivity index (χ0) is 24.6. The van der Waals surface area contributed by atoms with Gasteiger partial charge in [0.25, 0.3) is 0 Å². The van der Waals surface area contributed by atoms with E-state index in [2.05, 4.69) is 48.1 Å². The molecular weight excluding hydrogens is 404 g/mol. The predicted octanol–water partition coefficient (Wildman–Crippen LogP) is 7.84. The highest BCUT2D eigenvalue weighted by atomic mass is 16.3. The summed E-state index contributed by atoms with van der Waals surface area (Å²) in [6, 6.07) is 0. The Balaban J connectivity index is 1.62. The lowest BCUT2D eigenvalue weighted by Gasteiger charge is -2.62. The van der Waals surface area contributed by atoms with Crippen molar-refractivity contribution in [3.63, 3.8) is 0 Å². The first-order valence-electron chi connectivity index (χ1n) is 13.9. The summed E-state index contributed by atoms with van der Waals surface area (Å²) in [4.78, 5) is 0. The summed E-state index contributed by atoms with van der Waals surface area (Å²) in [5.41, 5.74) is 4.71. The van der Waals surface area contributed by atoms with Gasteiger partial charge in [0.2, 0.25) is 0 Å². The maximum atomic E-state index is 10.8. The zero-order valence-electron chi connectivity index (χ0n) is 23.0. The van der Waals surface area contributed by atoms with E-state index in [0.717, 1.165) is 37.2 Å². The molecule has 33 heavy (non-hydrogen) atoms. The third kappa shape index (κ3) is 3.55. The van der Waals surface area contributed by atoms with E-state index in [-0.39, 0.29) is 16.9 Å². The first-order chi connectivity index (χ1) is 15.1. The molecule has 4 aliphatic carbocycles. The summed E-state index contributed by atoms with van der Waals surface area (Å²) < 4.78 is 0. The Labute approximate surface area is 204 Å². The van der Waals surface area contributed by atoms with Crippen LogP contribution in [0.3, 0.4) is 0 Å². The molecule has 8 atom stereocenters. The monoisotopic (exact) mass is 456 g/mol. The van der Waals surface area contributed by atoms with Crippen molar-refractivity contribution in [2.75, 3.05) is 0 Å². The van der Waals surface area contributed by atoms with Crippen LogP contribution in [0.2, 0.25) is 0 Å². The second-order valence-electron chi connectivity index (χ2n) is 14.3. The van der Waals surface area contributed by atoms with Crippen LogP contribution in [0.1, 0.15) is 120 Å². The van der Waals surface area contributed by atoms with Gasteiger partial charge in [-0.15, -0.1) is 0 Å². The largest absolute Gasteiger partial charge is 0.393 e. The molecule has 2 fully saturated rings. The van der Waals surface area contributed by atoms with Gasteiger partial charge in [-0.25, -0.2) is 0 Å². The van der Waals surface area contributed by atoms with Crippen molar-refractivity contribution < 1.29 is 10.2 Å². The minimum Gasteiger partial charge on any atom is -0.393 e. The van der Waals surface area contributed by atoms with Gasteiger partial charge in [0.15, 0.2) is 0 Å². The molecule has 0 aromatic carbocycles. The molecule has 4 rings (SSSR count). The average molecular weight is 457 g/mol. The SMILES string of the molecule is C=C(C)[C@@](C)(O)CC[C@H](C)[C@@H]1CC[C@]2(C)C3=C(CC[C@@]12C)[C@@]1(C)CC[C@H](O)C(C)(C)[C@H]1CC3. The van der Waals surface area contributed by atoms with Crippen LogP contribution < -0.4 is 0 Å². The Morgan fingerprint density at radius 2 is 1.70 bits per heavy atom. The van der Waals surface area contributed by atoms with E-state index in [9.17, 15) is 10.2 Å². The Kier molecular flexibility index (Phi) is 6.14. The molecule has 0 heterocycles. The fourth-order valence-electron chi connectivity index (χ4n) is 9.55. The topological polar surface area (TPSA) is 40.5 Å². The standard InChI is InChI=1S/C31H52O2/c1-20(2)31(9,33)19-12-21(3)22-13-17-30(8)24-10-11-25-27(4,5)26(32)15-16-28(25,6)23(24)14-18-29(22,30)7/h21-22,25-26,32-33H,1,10-19H2,2-9H3/t21-,22-,25+,26-,28+,29-,30+,31-/m0/s1. The number of hydrogen-bond donors (Lipinski definition) is 2. The number of allylic oxidation sites excluding steroid dienone is 2. The van der Waals surface area contributed by atoms with Gasteiger partial charge in [-0.1, -0.05) is 59.3 Å². The van der Waals surface area contributed by atoms with Gasteiger partial charge < -0.3 is 10.2 Å². The minimum atomic E-state index is -0.745. The quantitative estimate of drug-likeness (QED) is 0.414. The van der Waals surface area contributed by atoms with Crippen LogP contribution in [0.5, 0.6) is 0 Å².